The van der Waals surface area contributed by atoms with Crippen LogP contribution >= 0.6 is 0 Å². The van der Waals surface area contributed by atoms with Crippen LogP contribution in [0, 0.1) is 6.92 Å². The SMILES string of the molecule is CCOC(=O)c1ccc(C(=O)N(CCN(C)C)Cc2cccc(C(F)(F)F)c2)nc1C. The number of ether oxygens (including phenoxy) is 1. The van der Waals surface area contributed by atoms with E-state index in [1.807, 2.05) is 19.0 Å². The number of esters is 1. The average molecular weight is 437 g/mol. The average Bonchev–Trinajstić information content (AvgIpc) is 2.70. The quantitative estimate of drug-likeness (QED) is 0.588. The molecule has 0 saturated carbocycles. The molecule has 6 nitrogen and oxygen atoms in total. The van der Waals surface area contributed by atoms with Crippen molar-refractivity contribution in [3.63, 3.8) is 0 Å². The van der Waals surface area contributed by atoms with Gasteiger partial charge in [-0.1, -0.05) is 12.1 Å². The maximum atomic E-state index is 13.1. The van der Waals surface area contributed by atoms with Gasteiger partial charge in [0.15, 0.2) is 0 Å². The van der Waals surface area contributed by atoms with Gasteiger partial charge in [-0.05, 0) is 57.8 Å². The normalized spacial score (nSPS) is 11.5. The number of aromatic nitrogens is 1. The van der Waals surface area contributed by atoms with Crippen LogP contribution in [0.4, 0.5) is 13.2 Å². The number of pyridine rings is 1. The smallest absolute Gasteiger partial charge is 0.416 e. The van der Waals surface area contributed by atoms with Crippen LogP contribution < -0.4 is 0 Å². The molecule has 9 heteroatoms. The van der Waals surface area contributed by atoms with Gasteiger partial charge in [-0.3, -0.25) is 4.79 Å². The minimum Gasteiger partial charge on any atom is -0.462 e. The summed E-state index contributed by atoms with van der Waals surface area (Å²) in [5.74, 6) is -0.960. The van der Waals surface area contributed by atoms with Crippen molar-refractivity contribution in [2.75, 3.05) is 33.8 Å². The maximum absolute atomic E-state index is 13.1. The van der Waals surface area contributed by atoms with Gasteiger partial charge < -0.3 is 14.5 Å². The minimum absolute atomic E-state index is 0.00303. The summed E-state index contributed by atoms with van der Waals surface area (Å²) in [7, 11) is 3.67. The van der Waals surface area contributed by atoms with Gasteiger partial charge in [0.25, 0.3) is 5.91 Å². The molecule has 0 aliphatic heterocycles. The molecule has 31 heavy (non-hydrogen) atoms. The number of likely N-dealkylation sites (N-methyl/N-ethyl adjacent to an activating group) is 1. The second-order valence-electron chi connectivity index (χ2n) is 7.28. The molecule has 0 aliphatic carbocycles. The molecule has 0 bridgehead atoms. The van der Waals surface area contributed by atoms with Crippen LogP contribution in [0.2, 0.25) is 0 Å². The lowest BCUT2D eigenvalue weighted by atomic mass is 10.1. The molecule has 1 aromatic carbocycles. The van der Waals surface area contributed by atoms with Crippen LogP contribution in [0.1, 0.15) is 44.6 Å². The highest BCUT2D eigenvalue weighted by Crippen LogP contribution is 2.29. The summed E-state index contributed by atoms with van der Waals surface area (Å²) in [6, 6.07) is 7.81. The Kier molecular flexibility index (Phi) is 8.15. The molecular weight excluding hydrogens is 411 g/mol. The maximum Gasteiger partial charge on any atom is 0.416 e. The van der Waals surface area contributed by atoms with Gasteiger partial charge >= 0.3 is 12.1 Å². The molecule has 0 fully saturated rings. The summed E-state index contributed by atoms with van der Waals surface area (Å²) in [6.07, 6.45) is -4.46. The molecule has 168 valence electrons. The first-order valence-corrected chi connectivity index (χ1v) is 9.77. The summed E-state index contributed by atoms with van der Waals surface area (Å²) in [5, 5.41) is 0. The molecule has 2 aromatic rings. The van der Waals surface area contributed by atoms with Crippen molar-refractivity contribution in [1.29, 1.82) is 0 Å². The zero-order valence-corrected chi connectivity index (χ0v) is 18.0. The molecule has 1 heterocycles. The monoisotopic (exact) mass is 437 g/mol. The Morgan fingerprint density at radius 1 is 1.10 bits per heavy atom. The van der Waals surface area contributed by atoms with Crippen LogP contribution in [0.15, 0.2) is 36.4 Å². The Balaban J connectivity index is 2.30. The van der Waals surface area contributed by atoms with Gasteiger partial charge in [0.2, 0.25) is 0 Å². The number of hydrogen-bond acceptors (Lipinski definition) is 5. The van der Waals surface area contributed by atoms with E-state index in [0.29, 0.717) is 24.3 Å². The molecule has 0 unspecified atom stereocenters. The van der Waals surface area contributed by atoms with Crippen molar-refractivity contribution in [2.24, 2.45) is 0 Å². The van der Waals surface area contributed by atoms with Crippen molar-refractivity contribution in [3.8, 4) is 0 Å². The zero-order valence-electron chi connectivity index (χ0n) is 18.0. The van der Waals surface area contributed by atoms with E-state index in [9.17, 15) is 22.8 Å². The highest BCUT2D eigenvalue weighted by atomic mass is 19.4. The third kappa shape index (κ3) is 6.78. The number of hydrogen-bond donors (Lipinski definition) is 0. The zero-order chi connectivity index (χ0) is 23.2. The Hall–Kier alpha value is -2.94. The summed E-state index contributed by atoms with van der Waals surface area (Å²) in [4.78, 5) is 32.6. The van der Waals surface area contributed by atoms with Crippen molar-refractivity contribution >= 4 is 11.9 Å². The topological polar surface area (TPSA) is 62.7 Å². The number of rotatable bonds is 8. The number of carbonyl (C=O) groups excluding carboxylic acids is 2. The summed E-state index contributed by atoms with van der Waals surface area (Å²) in [6.45, 7) is 4.31. The largest absolute Gasteiger partial charge is 0.462 e. The predicted molar refractivity (Wildman–Crippen MR) is 110 cm³/mol. The van der Waals surface area contributed by atoms with Crippen LogP contribution in [0.5, 0.6) is 0 Å². The number of benzene rings is 1. The number of nitrogens with zero attached hydrogens (tertiary/aromatic N) is 3. The third-order valence-electron chi connectivity index (χ3n) is 4.53. The first kappa shape index (κ1) is 24.3. The van der Waals surface area contributed by atoms with E-state index in [2.05, 4.69) is 4.98 Å². The van der Waals surface area contributed by atoms with Gasteiger partial charge in [0.1, 0.15) is 5.69 Å². The van der Waals surface area contributed by atoms with Crippen molar-refractivity contribution in [2.45, 2.75) is 26.6 Å². The molecule has 2 rings (SSSR count). The molecule has 0 N–H and O–H groups in total. The highest BCUT2D eigenvalue weighted by Gasteiger charge is 2.30. The fourth-order valence-electron chi connectivity index (χ4n) is 2.91. The van der Waals surface area contributed by atoms with Gasteiger partial charge in [-0.2, -0.15) is 13.2 Å². The first-order chi connectivity index (χ1) is 14.5. The molecule has 0 saturated heterocycles. The number of alkyl halides is 3. The Morgan fingerprint density at radius 2 is 1.81 bits per heavy atom. The van der Waals surface area contributed by atoms with Crippen molar-refractivity contribution < 1.29 is 27.5 Å². The van der Waals surface area contributed by atoms with Crippen LogP contribution in [0.3, 0.4) is 0 Å². The predicted octanol–water partition coefficient (Wildman–Crippen LogP) is 3.79. The third-order valence-corrected chi connectivity index (χ3v) is 4.53. The standard InChI is InChI=1S/C22H26F3N3O3/c1-5-31-21(30)18-9-10-19(26-15(18)2)20(29)28(12-11-27(3)4)14-16-7-6-8-17(13-16)22(23,24)25/h6-10,13H,5,11-12,14H2,1-4H3. The first-order valence-electron chi connectivity index (χ1n) is 9.77. The van der Waals surface area contributed by atoms with Gasteiger partial charge in [-0.15, -0.1) is 0 Å². The fraction of sp³-hybridized carbons (Fsp3) is 0.409. The molecule has 0 radical (unpaired) electrons. The summed E-state index contributed by atoms with van der Waals surface area (Å²) >= 11 is 0. The minimum atomic E-state index is -4.46. The second kappa shape index (κ2) is 10.4. The fourth-order valence-corrected chi connectivity index (χ4v) is 2.91. The van der Waals surface area contributed by atoms with E-state index in [1.54, 1.807) is 19.9 Å². The molecular formula is C22H26F3N3O3. The Labute approximate surface area is 179 Å². The number of halogens is 3. The van der Waals surface area contributed by atoms with E-state index < -0.39 is 23.6 Å². The summed E-state index contributed by atoms with van der Waals surface area (Å²) < 4.78 is 44.1. The van der Waals surface area contributed by atoms with E-state index >= 15 is 0 Å². The van der Waals surface area contributed by atoms with Crippen molar-refractivity contribution in [1.82, 2.24) is 14.8 Å². The Morgan fingerprint density at radius 3 is 2.39 bits per heavy atom. The molecule has 0 atom stereocenters. The van der Waals surface area contributed by atoms with E-state index in [4.69, 9.17) is 4.74 Å². The Bertz CT molecular complexity index is 930. The van der Waals surface area contributed by atoms with Gasteiger partial charge in [-0.25, -0.2) is 9.78 Å². The lowest BCUT2D eigenvalue weighted by Crippen LogP contribution is -2.36. The molecule has 0 spiro atoms. The summed E-state index contributed by atoms with van der Waals surface area (Å²) in [5.41, 5.74) is 0.308. The van der Waals surface area contributed by atoms with Crippen LogP contribution in [0.25, 0.3) is 0 Å². The number of amides is 1. The lowest BCUT2D eigenvalue weighted by molar-refractivity contribution is -0.137. The molecule has 1 aromatic heterocycles. The van der Waals surface area contributed by atoms with Gasteiger partial charge in [0.05, 0.1) is 23.4 Å². The second-order valence-corrected chi connectivity index (χ2v) is 7.28. The van der Waals surface area contributed by atoms with E-state index in [-0.39, 0.29) is 24.4 Å². The van der Waals surface area contributed by atoms with Crippen LogP contribution in [-0.4, -0.2) is 60.5 Å². The van der Waals surface area contributed by atoms with Crippen molar-refractivity contribution in [3.05, 3.63) is 64.5 Å². The molecule has 0 aliphatic rings. The molecule has 1 amide bonds. The number of carbonyl (C=O) groups is 2. The lowest BCUT2D eigenvalue weighted by Gasteiger charge is -2.25. The van der Waals surface area contributed by atoms with Gasteiger partial charge in [0, 0.05) is 19.6 Å². The van der Waals surface area contributed by atoms with E-state index in [0.717, 1.165) is 12.1 Å². The number of aryl methyl sites for hydroxylation is 1. The van der Waals surface area contributed by atoms with E-state index in [1.165, 1.54) is 23.1 Å². The van der Waals surface area contributed by atoms with Crippen LogP contribution in [-0.2, 0) is 17.5 Å². The highest BCUT2D eigenvalue weighted by molar-refractivity contribution is 5.95.